The number of ether oxygens (including phenoxy) is 1. The quantitative estimate of drug-likeness (QED) is 0.926. The molecule has 1 fully saturated rings. The Labute approximate surface area is 120 Å². The van der Waals surface area contributed by atoms with Gasteiger partial charge in [-0.2, -0.15) is 5.10 Å². The van der Waals surface area contributed by atoms with Gasteiger partial charge in [-0.25, -0.2) is 4.98 Å². The monoisotopic (exact) mass is 292 g/mol. The first kappa shape index (κ1) is 13.3. The Morgan fingerprint density at radius 1 is 1.65 bits per heavy atom. The molecule has 1 amide bonds. The maximum atomic E-state index is 12.0. The summed E-state index contributed by atoms with van der Waals surface area (Å²) in [4.78, 5) is 16.4. The van der Waals surface area contributed by atoms with Crippen LogP contribution in [0.2, 0.25) is 0 Å². The first-order chi connectivity index (χ1) is 9.72. The molecule has 1 saturated heterocycles. The summed E-state index contributed by atoms with van der Waals surface area (Å²) in [6.07, 6.45) is 5.86. The molecule has 1 atom stereocenters. The first-order valence-corrected chi connectivity index (χ1v) is 7.44. The Morgan fingerprint density at radius 2 is 2.55 bits per heavy atom. The molecule has 0 bridgehead atoms. The molecule has 0 spiro atoms. The van der Waals surface area contributed by atoms with E-state index < -0.39 is 0 Å². The van der Waals surface area contributed by atoms with Gasteiger partial charge in [0.2, 0.25) is 0 Å². The van der Waals surface area contributed by atoms with E-state index in [1.807, 2.05) is 13.2 Å². The van der Waals surface area contributed by atoms with Crippen molar-refractivity contribution in [2.24, 2.45) is 7.05 Å². The highest BCUT2D eigenvalue weighted by Crippen LogP contribution is 2.22. The summed E-state index contributed by atoms with van der Waals surface area (Å²) in [5.74, 6) is -0.146. The smallest absolute Gasteiger partial charge is 0.270 e. The Hall–Kier alpha value is -1.73. The molecule has 20 heavy (non-hydrogen) atoms. The number of nitrogens with one attached hydrogen (secondary N) is 1. The summed E-state index contributed by atoms with van der Waals surface area (Å²) < 4.78 is 7.19. The molecule has 106 valence electrons. The van der Waals surface area contributed by atoms with Crippen molar-refractivity contribution in [1.29, 1.82) is 0 Å². The lowest BCUT2D eigenvalue weighted by atomic mass is 10.2. The second-order valence-electron chi connectivity index (χ2n) is 4.79. The van der Waals surface area contributed by atoms with Gasteiger partial charge in [0.25, 0.3) is 5.91 Å². The number of aryl methyl sites for hydroxylation is 1. The fourth-order valence-corrected chi connectivity index (χ4v) is 2.92. The number of hydrogen-bond donors (Lipinski definition) is 1. The molecule has 3 heterocycles. The number of carbonyl (C=O) groups is 1. The highest BCUT2D eigenvalue weighted by atomic mass is 32.1. The molecule has 0 unspecified atom stereocenters. The number of rotatable bonds is 4. The summed E-state index contributed by atoms with van der Waals surface area (Å²) in [6.45, 7) is 1.35. The molecule has 0 aliphatic carbocycles. The number of aromatic nitrogens is 3. The molecular weight excluding hydrogens is 276 g/mol. The van der Waals surface area contributed by atoms with Gasteiger partial charge in [-0.05, 0) is 12.8 Å². The molecule has 1 aliphatic rings. The summed E-state index contributed by atoms with van der Waals surface area (Å²) in [5, 5.41) is 9.55. The fraction of sp³-hybridized carbons (Fsp3) is 0.462. The number of amides is 1. The molecule has 1 N–H and O–H groups in total. The van der Waals surface area contributed by atoms with Crippen molar-refractivity contribution in [2.45, 2.75) is 18.9 Å². The van der Waals surface area contributed by atoms with Gasteiger partial charge < -0.3 is 10.1 Å². The normalized spacial score (nSPS) is 18.4. The van der Waals surface area contributed by atoms with Crippen molar-refractivity contribution < 1.29 is 9.53 Å². The van der Waals surface area contributed by atoms with Crippen LogP contribution in [0.4, 0.5) is 0 Å². The third-order valence-electron chi connectivity index (χ3n) is 3.20. The maximum Gasteiger partial charge on any atom is 0.270 e. The minimum absolute atomic E-state index is 0.146. The Bertz CT molecular complexity index is 601. The van der Waals surface area contributed by atoms with Crippen LogP contribution in [0.5, 0.6) is 0 Å². The van der Waals surface area contributed by atoms with Gasteiger partial charge >= 0.3 is 0 Å². The zero-order chi connectivity index (χ0) is 13.9. The highest BCUT2D eigenvalue weighted by molar-refractivity contribution is 7.13. The second kappa shape index (κ2) is 5.72. The summed E-state index contributed by atoms with van der Waals surface area (Å²) in [5.41, 5.74) is 1.38. The van der Waals surface area contributed by atoms with Gasteiger partial charge in [0.1, 0.15) is 10.7 Å². The van der Waals surface area contributed by atoms with Crippen LogP contribution in [0.15, 0.2) is 17.8 Å². The van der Waals surface area contributed by atoms with Gasteiger partial charge in [0.15, 0.2) is 0 Å². The van der Waals surface area contributed by atoms with E-state index in [2.05, 4.69) is 15.4 Å². The fourth-order valence-electron chi connectivity index (χ4n) is 2.14. The predicted octanol–water partition coefficient (Wildman–Crippen LogP) is 1.45. The molecule has 0 aromatic carbocycles. The van der Waals surface area contributed by atoms with Crippen LogP contribution < -0.4 is 5.32 Å². The van der Waals surface area contributed by atoms with E-state index in [4.69, 9.17) is 4.74 Å². The third-order valence-corrected chi connectivity index (χ3v) is 4.09. The van der Waals surface area contributed by atoms with E-state index in [1.165, 1.54) is 11.3 Å². The van der Waals surface area contributed by atoms with Crippen molar-refractivity contribution in [2.75, 3.05) is 13.2 Å². The lowest BCUT2D eigenvalue weighted by Gasteiger charge is -2.09. The van der Waals surface area contributed by atoms with E-state index in [0.717, 1.165) is 30.0 Å². The molecule has 6 nitrogen and oxygen atoms in total. The van der Waals surface area contributed by atoms with E-state index in [-0.39, 0.29) is 12.0 Å². The van der Waals surface area contributed by atoms with Crippen molar-refractivity contribution in [3.63, 3.8) is 0 Å². The zero-order valence-electron chi connectivity index (χ0n) is 11.2. The van der Waals surface area contributed by atoms with Gasteiger partial charge in [-0.3, -0.25) is 9.48 Å². The van der Waals surface area contributed by atoms with E-state index in [1.54, 1.807) is 16.3 Å². The molecule has 2 aromatic rings. The van der Waals surface area contributed by atoms with Gasteiger partial charge in [0, 0.05) is 37.3 Å². The molecule has 2 aromatic heterocycles. The third kappa shape index (κ3) is 2.88. The first-order valence-electron chi connectivity index (χ1n) is 6.57. The Kier molecular flexibility index (Phi) is 3.79. The van der Waals surface area contributed by atoms with E-state index >= 15 is 0 Å². The standard InChI is InChI=1S/C13H16N4O2S/c1-17-7-9(5-15-17)13-16-11(8-20-13)12(18)14-6-10-3-2-4-19-10/h5,7-8,10H,2-4,6H2,1H3,(H,14,18)/t10-/m1/s1. The molecule has 0 saturated carbocycles. The molecule has 3 rings (SSSR count). The Balaban J connectivity index is 1.62. The highest BCUT2D eigenvalue weighted by Gasteiger charge is 2.18. The Morgan fingerprint density at radius 3 is 3.25 bits per heavy atom. The largest absolute Gasteiger partial charge is 0.376 e. The van der Waals surface area contributed by atoms with E-state index in [0.29, 0.717) is 12.2 Å². The minimum atomic E-state index is -0.146. The van der Waals surface area contributed by atoms with Crippen molar-refractivity contribution in [3.05, 3.63) is 23.5 Å². The van der Waals surface area contributed by atoms with Gasteiger partial charge in [-0.15, -0.1) is 11.3 Å². The molecule has 7 heteroatoms. The van der Waals surface area contributed by atoms with Gasteiger partial charge in [0.05, 0.1) is 12.3 Å². The van der Waals surface area contributed by atoms with Crippen LogP contribution in [-0.2, 0) is 11.8 Å². The van der Waals surface area contributed by atoms with Gasteiger partial charge in [-0.1, -0.05) is 0 Å². The zero-order valence-corrected chi connectivity index (χ0v) is 12.0. The average Bonchev–Trinajstić information content (AvgIpc) is 3.16. The van der Waals surface area contributed by atoms with E-state index in [9.17, 15) is 4.79 Å². The number of nitrogens with zero attached hydrogens (tertiary/aromatic N) is 3. The summed E-state index contributed by atoms with van der Waals surface area (Å²) in [7, 11) is 1.85. The SMILES string of the molecule is Cn1cc(-c2nc(C(=O)NC[C@H]3CCCO3)cs2)cn1. The number of carbonyl (C=O) groups excluding carboxylic acids is 1. The van der Waals surface area contributed by atoms with Crippen LogP contribution in [0.25, 0.3) is 10.6 Å². The minimum Gasteiger partial charge on any atom is -0.376 e. The van der Waals surface area contributed by atoms with Crippen molar-refractivity contribution >= 4 is 17.2 Å². The van der Waals surface area contributed by atoms with Crippen molar-refractivity contribution in [3.8, 4) is 10.6 Å². The topological polar surface area (TPSA) is 69.0 Å². The van der Waals surface area contributed by atoms with Crippen LogP contribution in [0, 0.1) is 0 Å². The van der Waals surface area contributed by atoms with Crippen LogP contribution in [0.3, 0.4) is 0 Å². The average molecular weight is 292 g/mol. The maximum absolute atomic E-state index is 12.0. The number of hydrogen-bond acceptors (Lipinski definition) is 5. The lowest BCUT2D eigenvalue weighted by Crippen LogP contribution is -2.31. The number of thiazole rings is 1. The van der Waals surface area contributed by atoms with Crippen molar-refractivity contribution in [1.82, 2.24) is 20.1 Å². The summed E-state index contributed by atoms with van der Waals surface area (Å²) >= 11 is 1.45. The van der Waals surface area contributed by atoms with Crippen LogP contribution in [-0.4, -0.2) is 39.9 Å². The summed E-state index contributed by atoms with van der Waals surface area (Å²) in [6, 6.07) is 0. The lowest BCUT2D eigenvalue weighted by molar-refractivity contribution is 0.0854. The predicted molar refractivity (Wildman–Crippen MR) is 75.6 cm³/mol. The molecular formula is C13H16N4O2S. The van der Waals surface area contributed by atoms with Crippen LogP contribution in [0.1, 0.15) is 23.3 Å². The van der Waals surface area contributed by atoms with Crippen LogP contribution >= 0.6 is 11.3 Å². The molecule has 0 radical (unpaired) electrons. The molecule has 1 aliphatic heterocycles. The second-order valence-corrected chi connectivity index (χ2v) is 5.64.